The Hall–Kier alpha value is -1.84. The van der Waals surface area contributed by atoms with Gasteiger partial charge in [0.05, 0.1) is 11.0 Å². The zero-order valence-corrected chi connectivity index (χ0v) is 21.5. The molecular weight excluding hydrogens is 406 g/mol. The average molecular weight is 456 g/mol. The summed E-state index contributed by atoms with van der Waals surface area (Å²) >= 11 is 0. The number of para-hydroxylation sites is 2. The van der Waals surface area contributed by atoms with Crippen molar-refractivity contribution in [1.29, 1.82) is 0 Å². The molecule has 1 amide bonds. The molecule has 0 atom stereocenters. The third kappa shape index (κ3) is 11.2. The molecule has 0 bridgehead atoms. The lowest BCUT2D eigenvalue weighted by atomic mass is 10.0. The Labute approximate surface area is 202 Å². The zero-order valence-electron chi connectivity index (χ0n) is 21.5. The van der Waals surface area contributed by atoms with Crippen molar-refractivity contribution in [2.45, 2.75) is 130 Å². The summed E-state index contributed by atoms with van der Waals surface area (Å²) in [6, 6.07) is 8.47. The van der Waals surface area contributed by atoms with Crippen LogP contribution in [0.15, 0.2) is 24.3 Å². The van der Waals surface area contributed by atoms with Gasteiger partial charge in [0.15, 0.2) is 0 Å². The molecule has 0 radical (unpaired) electrons. The lowest BCUT2D eigenvalue weighted by Gasteiger charge is -2.10. The minimum atomic E-state index is 0.130. The Morgan fingerprint density at radius 3 is 1.97 bits per heavy atom. The number of hydrogen-bond acceptors (Lipinski definition) is 2. The van der Waals surface area contributed by atoms with E-state index in [-0.39, 0.29) is 5.91 Å². The number of aryl methyl sites for hydroxylation is 2. The number of amides is 1. The van der Waals surface area contributed by atoms with Crippen molar-refractivity contribution in [3.8, 4) is 0 Å². The fourth-order valence-electron chi connectivity index (χ4n) is 4.63. The molecule has 0 saturated heterocycles. The van der Waals surface area contributed by atoms with Gasteiger partial charge >= 0.3 is 0 Å². The third-order valence-electron chi connectivity index (χ3n) is 6.69. The van der Waals surface area contributed by atoms with Crippen molar-refractivity contribution in [2.75, 3.05) is 6.54 Å². The predicted molar refractivity (Wildman–Crippen MR) is 142 cm³/mol. The van der Waals surface area contributed by atoms with Gasteiger partial charge in [0, 0.05) is 25.9 Å². The second kappa shape index (κ2) is 17.6. The second-order valence-electron chi connectivity index (χ2n) is 9.57. The number of hydrogen-bond donors (Lipinski definition) is 1. The lowest BCUT2D eigenvalue weighted by Crippen LogP contribution is -2.23. The van der Waals surface area contributed by atoms with Crippen LogP contribution in [0.5, 0.6) is 0 Å². The molecule has 0 unspecified atom stereocenters. The smallest absolute Gasteiger partial charge is 0.219 e. The maximum atomic E-state index is 11.5. The molecule has 186 valence electrons. The van der Waals surface area contributed by atoms with Gasteiger partial charge in [-0.1, -0.05) is 109 Å². The van der Waals surface area contributed by atoms with Crippen LogP contribution < -0.4 is 5.32 Å². The van der Waals surface area contributed by atoms with E-state index >= 15 is 0 Å². The molecule has 0 saturated carbocycles. The van der Waals surface area contributed by atoms with E-state index in [4.69, 9.17) is 4.98 Å². The number of imidazole rings is 1. The summed E-state index contributed by atoms with van der Waals surface area (Å²) in [6.07, 6.45) is 21.9. The molecule has 1 aromatic carbocycles. The molecule has 0 aliphatic heterocycles. The summed E-state index contributed by atoms with van der Waals surface area (Å²) in [5.41, 5.74) is 2.34. The maximum absolute atomic E-state index is 11.5. The van der Waals surface area contributed by atoms with Crippen LogP contribution in [-0.2, 0) is 17.8 Å². The molecule has 4 nitrogen and oxygen atoms in total. The van der Waals surface area contributed by atoms with Gasteiger partial charge in [0.2, 0.25) is 5.91 Å². The van der Waals surface area contributed by atoms with Crippen LogP contribution in [0.2, 0.25) is 0 Å². The van der Waals surface area contributed by atoms with Crippen LogP contribution in [-0.4, -0.2) is 22.0 Å². The number of nitrogens with one attached hydrogen (secondary N) is 1. The molecule has 1 heterocycles. The van der Waals surface area contributed by atoms with Crippen LogP contribution in [0.3, 0.4) is 0 Å². The quantitative estimate of drug-likeness (QED) is 0.206. The molecular formula is C29H49N3O. The lowest BCUT2D eigenvalue weighted by molar-refractivity contribution is -0.120. The van der Waals surface area contributed by atoms with Crippen molar-refractivity contribution in [3.05, 3.63) is 30.1 Å². The standard InChI is InChI=1S/C29H49N3O/c1-3-5-6-7-8-9-10-11-12-13-14-15-16-19-25-32-27-22-18-17-21-26(27)31-28(32)23-20-24-30-29(33)4-2/h17-18,21-22H,3-16,19-20,23-25H2,1-2H3,(H,30,33). The van der Waals surface area contributed by atoms with Crippen molar-refractivity contribution in [1.82, 2.24) is 14.9 Å². The first-order chi connectivity index (χ1) is 16.3. The SMILES string of the molecule is CCCCCCCCCCCCCCCCn1c(CCCNC(=O)CC)nc2ccccc21. The summed E-state index contributed by atoms with van der Waals surface area (Å²) in [7, 11) is 0. The summed E-state index contributed by atoms with van der Waals surface area (Å²) in [4.78, 5) is 16.3. The normalized spacial score (nSPS) is 11.3. The van der Waals surface area contributed by atoms with E-state index in [0.29, 0.717) is 6.42 Å². The first kappa shape index (κ1) is 27.4. The molecule has 1 aromatic heterocycles. The van der Waals surface area contributed by atoms with E-state index in [2.05, 4.69) is 41.1 Å². The summed E-state index contributed by atoms with van der Waals surface area (Å²) < 4.78 is 2.41. The van der Waals surface area contributed by atoms with Gasteiger partial charge < -0.3 is 9.88 Å². The molecule has 0 aliphatic rings. The van der Waals surface area contributed by atoms with Crippen LogP contribution in [0.25, 0.3) is 11.0 Å². The van der Waals surface area contributed by atoms with E-state index in [0.717, 1.165) is 37.3 Å². The van der Waals surface area contributed by atoms with Crippen LogP contribution in [0.1, 0.15) is 122 Å². The summed E-state index contributed by atoms with van der Waals surface area (Å²) in [6.45, 7) is 5.96. The van der Waals surface area contributed by atoms with Gasteiger partial charge in [-0.15, -0.1) is 0 Å². The molecule has 1 N–H and O–H groups in total. The maximum Gasteiger partial charge on any atom is 0.219 e. The van der Waals surface area contributed by atoms with Crippen LogP contribution in [0.4, 0.5) is 0 Å². The van der Waals surface area contributed by atoms with Gasteiger partial charge in [-0.05, 0) is 25.0 Å². The molecule has 4 heteroatoms. The van der Waals surface area contributed by atoms with E-state index in [1.54, 1.807) is 0 Å². The number of carbonyl (C=O) groups excluding carboxylic acids is 1. The van der Waals surface area contributed by atoms with Crippen molar-refractivity contribution in [3.63, 3.8) is 0 Å². The number of carbonyl (C=O) groups is 1. The molecule has 0 spiro atoms. The van der Waals surface area contributed by atoms with Gasteiger partial charge in [0.1, 0.15) is 5.82 Å². The predicted octanol–water partition coefficient (Wildman–Crippen LogP) is 7.98. The summed E-state index contributed by atoms with van der Waals surface area (Å²) in [5, 5.41) is 2.98. The van der Waals surface area contributed by atoms with E-state index < -0.39 is 0 Å². The largest absolute Gasteiger partial charge is 0.356 e. The highest BCUT2D eigenvalue weighted by atomic mass is 16.1. The fraction of sp³-hybridized carbons (Fsp3) is 0.724. The molecule has 2 aromatic rings. The van der Waals surface area contributed by atoms with Crippen molar-refractivity contribution < 1.29 is 4.79 Å². The Kier molecular flexibility index (Phi) is 14.6. The topological polar surface area (TPSA) is 46.9 Å². The van der Waals surface area contributed by atoms with Crippen LogP contribution >= 0.6 is 0 Å². The van der Waals surface area contributed by atoms with Crippen molar-refractivity contribution >= 4 is 16.9 Å². The minimum absolute atomic E-state index is 0.130. The number of nitrogens with zero attached hydrogens (tertiary/aromatic N) is 2. The number of fused-ring (bicyclic) bond motifs is 1. The second-order valence-corrected chi connectivity index (χ2v) is 9.57. The number of unbranched alkanes of at least 4 members (excludes halogenated alkanes) is 13. The molecule has 2 rings (SSSR count). The third-order valence-corrected chi connectivity index (χ3v) is 6.69. The Balaban J connectivity index is 1.59. The highest BCUT2D eigenvalue weighted by Gasteiger charge is 2.10. The molecule has 0 fully saturated rings. The van der Waals surface area contributed by atoms with Gasteiger partial charge in [-0.2, -0.15) is 0 Å². The minimum Gasteiger partial charge on any atom is -0.356 e. The zero-order chi connectivity index (χ0) is 23.6. The number of benzene rings is 1. The summed E-state index contributed by atoms with van der Waals surface area (Å²) in [5.74, 6) is 1.29. The van der Waals surface area contributed by atoms with Crippen LogP contribution in [0, 0.1) is 0 Å². The van der Waals surface area contributed by atoms with E-state index in [1.807, 2.05) is 6.92 Å². The highest BCUT2D eigenvalue weighted by Crippen LogP contribution is 2.19. The Morgan fingerprint density at radius 1 is 0.788 bits per heavy atom. The van der Waals surface area contributed by atoms with E-state index in [1.165, 1.54) is 95.4 Å². The average Bonchev–Trinajstić information content (AvgIpc) is 3.19. The Bertz CT molecular complexity index is 767. The Morgan fingerprint density at radius 2 is 1.36 bits per heavy atom. The number of aromatic nitrogens is 2. The fourth-order valence-corrected chi connectivity index (χ4v) is 4.63. The highest BCUT2D eigenvalue weighted by molar-refractivity contribution is 5.76. The van der Waals surface area contributed by atoms with Gasteiger partial charge in [0.25, 0.3) is 0 Å². The first-order valence-corrected chi connectivity index (χ1v) is 14.0. The first-order valence-electron chi connectivity index (χ1n) is 14.0. The van der Waals surface area contributed by atoms with Gasteiger partial charge in [-0.25, -0.2) is 4.98 Å². The molecule has 33 heavy (non-hydrogen) atoms. The van der Waals surface area contributed by atoms with Gasteiger partial charge in [-0.3, -0.25) is 4.79 Å². The molecule has 0 aliphatic carbocycles. The van der Waals surface area contributed by atoms with Crippen molar-refractivity contribution in [2.24, 2.45) is 0 Å². The number of rotatable bonds is 20. The van der Waals surface area contributed by atoms with E-state index in [9.17, 15) is 4.79 Å². The monoisotopic (exact) mass is 455 g/mol.